The van der Waals surface area contributed by atoms with Crippen molar-refractivity contribution in [1.29, 1.82) is 0 Å². The van der Waals surface area contributed by atoms with E-state index in [0.29, 0.717) is 22.2 Å². The second kappa shape index (κ2) is 4.85. The number of aromatic nitrogens is 1. The first-order chi connectivity index (χ1) is 6.79. The lowest BCUT2D eigenvalue weighted by atomic mass is 10.1. The molecule has 0 aliphatic carbocycles. The number of rotatable bonds is 1. The van der Waals surface area contributed by atoms with Gasteiger partial charge in [-0.15, -0.1) is 0 Å². The summed E-state index contributed by atoms with van der Waals surface area (Å²) in [6.07, 6.45) is 0.661. The second-order valence-corrected chi connectivity index (χ2v) is 6.04. The average Bonchev–Trinajstić information content (AvgIpc) is 2.10. The lowest BCUT2D eigenvalue weighted by Crippen LogP contribution is -2.08. The van der Waals surface area contributed by atoms with Gasteiger partial charge in [-0.3, -0.25) is 4.98 Å². The molecule has 0 N–H and O–H groups in total. The highest BCUT2D eigenvalue weighted by molar-refractivity contribution is 6.67. The van der Waals surface area contributed by atoms with Crippen LogP contribution >= 0.6 is 58.0 Å². The molecule has 0 bridgehead atoms. The molecule has 1 aromatic heterocycles. The summed E-state index contributed by atoms with van der Waals surface area (Å²) < 4.78 is -1.63. The Balaban J connectivity index is 3.51. The fraction of sp³-hybridized carbons (Fsp3) is 0.444. The summed E-state index contributed by atoms with van der Waals surface area (Å²) in [4.78, 5) is 4.09. The van der Waals surface area contributed by atoms with Crippen molar-refractivity contribution >= 4 is 58.0 Å². The van der Waals surface area contributed by atoms with Crippen molar-refractivity contribution < 1.29 is 0 Å². The maximum atomic E-state index is 6.07. The van der Waals surface area contributed by atoms with Crippen LogP contribution in [-0.4, -0.2) is 4.98 Å². The number of halogens is 5. The van der Waals surface area contributed by atoms with Gasteiger partial charge in [0.15, 0.2) is 0 Å². The molecule has 1 heterocycles. The van der Waals surface area contributed by atoms with Gasteiger partial charge in [-0.25, -0.2) is 0 Å². The SMILES string of the molecule is CCc1c(Cl)c(C)nc(C(Cl)(Cl)Cl)c1Cl. The van der Waals surface area contributed by atoms with Gasteiger partial charge in [-0.05, 0) is 18.9 Å². The fourth-order valence-electron chi connectivity index (χ4n) is 1.22. The number of pyridine rings is 1. The van der Waals surface area contributed by atoms with Crippen molar-refractivity contribution in [2.24, 2.45) is 0 Å². The van der Waals surface area contributed by atoms with Crippen LogP contribution in [-0.2, 0) is 10.2 Å². The van der Waals surface area contributed by atoms with Gasteiger partial charge in [0.2, 0.25) is 3.79 Å². The monoisotopic (exact) mass is 305 g/mol. The number of nitrogens with zero attached hydrogens (tertiary/aromatic N) is 1. The third-order valence-corrected chi connectivity index (χ3v) is 3.40. The van der Waals surface area contributed by atoms with Crippen molar-refractivity contribution in [2.75, 3.05) is 0 Å². The van der Waals surface area contributed by atoms with E-state index >= 15 is 0 Å². The van der Waals surface area contributed by atoms with E-state index in [1.54, 1.807) is 6.92 Å². The predicted octanol–water partition coefficient (Wildman–Crippen LogP) is 5.09. The van der Waals surface area contributed by atoms with Crippen LogP contribution < -0.4 is 0 Å². The smallest absolute Gasteiger partial charge is 0.234 e. The number of hydrogen-bond acceptors (Lipinski definition) is 1. The third-order valence-electron chi connectivity index (χ3n) is 1.96. The molecule has 1 aromatic rings. The maximum absolute atomic E-state index is 6.07. The van der Waals surface area contributed by atoms with E-state index in [0.717, 1.165) is 5.56 Å². The minimum Gasteiger partial charge on any atom is -0.250 e. The van der Waals surface area contributed by atoms with E-state index in [1.165, 1.54) is 0 Å². The van der Waals surface area contributed by atoms with Crippen molar-refractivity contribution in [2.45, 2.75) is 24.1 Å². The molecule has 15 heavy (non-hydrogen) atoms. The minimum atomic E-state index is -1.63. The first-order valence-corrected chi connectivity index (χ1v) is 6.09. The lowest BCUT2D eigenvalue weighted by molar-refractivity contribution is 1.00. The summed E-state index contributed by atoms with van der Waals surface area (Å²) in [5, 5.41) is 0.855. The van der Waals surface area contributed by atoms with Gasteiger partial charge in [-0.1, -0.05) is 64.9 Å². The Labute approximate surface area is 114 Å². The molecule has 6 heteroatoms. The van der Waals surface area contributed by atoms with E-state index in [9.17, 15) is 0 Å². The van der Waals surface area contributed by atoms with Crippen molar-refractivity contribution in [3.05, 3.63) is 27.0 Å². The molecule has 0 atom stereocenters. The zero-order valence-corrected chi connectivity index (χ0v) is 11.8. The average molecular weight is 307 g/mol. The van der Waals surface area contributed by atoms with E-state index < -0.39 is 3.79 Å². The van der Waals surface area contributed by atoms with Gasteiger partial charge in [0.25, 0.3) is 0 Å². The van der Waals surface area contributed by atoms with Gasteiger partial charge in [-0.2, -0.15) is 0 Å². The number of alkyl halides is 3. The topological polar surface area (TPSA) is 12.9 Å². The van der Waals surface area contributed by atoms with Crippen molar-refractivity contribution in [1.82, 2.24) is 4.98 Å². The van der Waals surface area contributed by atoms with E-state index in [-0.39, 0.29) is 5.69 Å². The van der Waals surface area contributed by atoms with Crippen molar-refractivity contribution in [3.8, 4) is 0 Å². The summed E-state index contributed by atoms with van der Waals surface area (Å²) in [5.41, 5.74) is 1.60. The molecule has 0 saturated carbocycles. The highest BCUT2D eigenvalue weighted by Crippen LogP contribution is 2.43. The Bertz CT molecular complexity index is 383. The number of hydrogen-bond donors (Lipinski definition) is 0. The molecule has 0 aliphatic heterocycles. The van der Waals surface area contributed by atoms with Gasteiger partial charge >= 0.3 is 0 Å². The fourth-order valence-corrected chi connectivity index (χ4v) is 2.51. The molecule has 0 unspecified atom stereocenters. The highest BCUT2D eigenvalue weighted by Gasteiger charge is 2.30. The molecule has 0 fully saturated rings. The molecule has 1 rings (SSSR count). The van der Waals surface area contributed by atoms with Gasteiger partial charge in [0.1, 0.15) is 5.69 Å². The summed E-state index contributed by atoms with van der Waals surface area (Å²) in [6.45, 7) is 3.67. The quantitative estimate of drug-likeness (QED) is 0.659. The van der Waals surface area contributed by atoms with Crippen LogP contribution in [0.5, 0.6) is 0 Å². The standard InChI is InChI=1S/C9H8Cl5N/c1-3-5-6(10)4(2)15-8(7(5)11)9(12,13)14/h3H2,1-2H3. The predicted molar refractivity (Wildman–Crippen MR) is 67.6 cm³/mol. The maximum Gasteiger partial charge on any atom is 0.234 e. The first-order valence-electron chi connectivity index (χ1n) is 4.20. The molecule has 0 radical (unpaired) electrons. The second-order valence-electron chi connectivity index (χ2n) is 3.00. The zero-order chi connectivity index (χ0) is 11.8. The Hall–Kier alpha value is 0.600. The molecule has 84 valence electrons. The Morgan fingerprint density at radius 1 is 1.13 bits per heavy atom. The molecular weight excluding hydrogens is 299 g/mol. The minimum absolute atomic E-state index is 0.230. The molecule has 0 amide bonds. The molecular formula is C9H8Cl5N. The van der Waals surface area contributed by atoms with Gasteiger partial charge in [0.05, 0.1) is 15.7 Å². The van der Waals surface area contributed by atoms with Gasteiger partial charge in [0, 0.05) is 0 Å². The third kappa shape index (κ3) is 2.83. The summed E-state index contributed by atoms with van der Waals surface area (Å²) in [6, 6.07) is 0. The Morgan fingerprint density at radius 2 is 1.67 bits per heavy atom. The largest absolute Gasteiger partial charge is 0.250 e. The van der Waals surface area contributed by atoms with E-state index in [4.69, 9.17) is 58.0 Å². The Morgan fingerprint density at radius 3 is 2.07 bits per heavy atom. The van der Waals surface area contributed by atoms with Crippen LogP contribution in [0, 0.1) is 6.92 Å². The van der Waals surface area contributed by atoms with Crippen LogP contribution in [0.2, 0.25) is 10.0 Å². The first kappa shape index (κ1) is 13.7. The molecule has 0 aliphatic rings. The number of aryl methyl sites for hydroxylation is 1. The van der Waals surface area contributed by atoms with E-state index in [2.05, 4.69) is 4.98 Å². The molecule has 0 saturated heterocycles. The van der Waals surface area contributed by atoms with Crippen LogP contribution in [0.15, 0.2) is 0 Å². The molecule has 0 spiro atoms. The van der Waals surface area contributed by atoms with Gasteiger partial charge < -0.3 is 0 Å². The zero-order valence-electron chi connectivity index (χ0n) is 8.04. The van der Waals surface area contributed by atoms with Crippen LogP contribution in [0.1, 0.15) is 23.9 Å². The normalized spacial score (nSPS) is 11.9. The van der Waals surface area contributed by atoms with Crippen LogP contribution in [0.25, 0.3) is 0 Å². The lowest BCUT2D eigenvalue weighted by Gasteiger charge is -2.16. The highest BCUT2D eigenvalue weighted by atomic mass is 35.6. The Kier molecular flexibility index (Phi) is 4.42. The summed E-state index contributed by atoms with van der Waals surface area (Å²) in [5.74, 6) is 0. The molecule has 0 aromatic carbocycles. The molecule has 1 nitrogen and oxygen atoms in total. The van der Waals surface area contributed by atoms with E-state index in [1.807, 2.05) is 6.92 Å². The van der Waals surface area contributed by atoms with Crippen LogP contribution in [0.4, 0.5) is 0 Å². The van der Waals surface area contributed by atoms with Crippen molar-refractivity contribution in [3.63, 3.8) is 0 Å². The summed E-state index contributed by atoms with van der Waals surface area (Å²) in [7, 11) is 0. The van der Waals surface area contributed by atoms with Crippen LogP contribution in [0.3, 0.4) is 0 Å². The summed E-state index contributed by atoms with van der Waals surface area (Å²) >= 11 is 29.4.